The van der Waals surface area contributed by atoms with Crippen molar-refractivity contribution in [1.29, 1.82) is 0 Å². The average Bonchev–Trinajstić information content (AvgIpc) is 3.05. The van der Waals surface area contributed by atoms with Gasteiger partial charge in [0.15, 0.2) is 0 Å². The molecule has 0 N–H and O–H groups in total. The van der Waals surface area contributed by atoms with Crippen LogP contribution in [0.4, 0.5) is 0 Å². The summed E-state index contributed by atoms with van der Waals surface area (Å²) in [6.45, 7) is 6.02. The summed E-state index contributed by atoms with van der Waals surface area (Å²) in [4.78, 5) is 15.6. The van der Waals surface area contributed by atoms with E-state index in [2.05, 4.69) is 20.3 Å². The number of hydrogen-bond acceptors (Lipinski definition) is 8. The summed E-state index contributed by atoms with van der Waals surface area (Å²) >= 11 is 1.29. The van der Waals surface area contributed by atoms with Gasteiger partial charge in [-0.2, -0.15) is 5.10 Å². The third-order valence-corrected chi connectivity index (χ3v) is 3.13. The molecular weight excluding hydrogens is 282 g/mol. The van der Waals surface area contributed by atoms with Crippen LogP contribution >= 0.6 is 11.8 Å². The minimum atomic E-state index is -0.614. The zero-order chi connectivity index (χ0) is 14.5. The lowest BCUT2D eigenvalue weighted by molar-refractivity contribution is 0.0475. The summed E-state index contributed by atoms with van der Waals surface area (Å²) in [5.74, 6) is 0.584. The number of carbonyl (C=O) groups excluding carboxylic acids is 1. The van der Waals surface area contributed by atoms with Crippen molar-refractivity contribution < 1.29 is 13.9 Å². The molecule has 0 unspecified atom stereocenters. The number of aromatic nitrogens is 5. The Morgan fingerprint density at radius 2 is 2.30 bits per heavy atom. The molecule has 2 aromatic rings. The van der Waals surface area contributed by atoms with Gasteiger partial charge in [0.2, 0.25) is 0 Å². The lowest BCUT2D eigenvalue weighted by Crippen LogP contribution is -2.07. The van der Waals surface area contributed by atoms with Crippen molar-refractivity contribution in [2.75, 3.05) is 6.61 Å². The first-order chi connectivity index (χ1) is 9.61. The second-order valence-corrected chi connectivity index (χ2v) is 5.02. The van der Waals surface area contributed by atoms with E-state index in [1.54, 1.807) is 6.92 Å². The predicted molar refractivity (Wildman–Crippen MR) is 70.2 cm³/mol. The van der Waals surface area contributed by atoms with E-state index in [4.69, 9.17) is 9.15 Å². The van der Waals surface area contributed by atoms with Gasteiger partial charge in [0, 0.05) is 6.04 Å². The largest absolute Gasteiger partial charge is 0.459 e. The highest BCUT2D eigenvalue weighted by molar-refractivity contribution is 7.98. The van der Waals surface area contributed by atoms with Gasteiger partial charge in [-0.05, 0) is 20.8 Å². The second-order valence-electron chi connectivity index (χ2n) is 4.10. The normalized spacial score (nSPS) is 11.0. The Hall–Kier alpha value is -1.90. The smallest absolute Gasteiger partial charge is 0.396 e. The Kier molecular flexibility index (Phi) is 4.72. The van der Waals surface area contributed by atoms with E-state index in [-0.39, 0.29) is 18.5 Å². The Balaban J connectivity index is 1.97. The lowest BCUT2D eigenvalue weighted by atomic mass is 10.4. The highest BCUT2D eigenvalue weighted by atomic mass is 32.2. The van der Waals surface area contributed by atoms with Crippen LogP contribution in [-0.2, 0) is 10.5 Å². The van der Waals surface area contributed by atoms with Crippen LogP contribution < -0.4 is 0 Å². The maximum atomic E-state index is 11.4. The van der Waals surface area contributed by atoms with Crippen molar-refractivity contribution in [3.63, 3.8) is 0 Å². The zero-order valence-electron chi connectivity index (χ0n) is 11.4. The first kappa shape index (κ1) is 14.5. The zero-order valence-corrected chi connectivity index (χ0v) is 12.3. The molecule has 0 aromatic carbocycles. The molecule has 0 fully saturated rings. The number of ether oxygens (including phenoxy) is 1. The van der Waals surface area contributed by atoms with Crippen LogP contribution in [0.15, 0.2) is 16.0 Å². The van der Waals surface area contributed by atoms with Gasteiger partial charge in [-0.25, -0.2) is 14.5 Å². The fourth-order valence-electron chi connectivity index (χ4n) is 1.48. The highest BCUT2D eigenvalue weighted by Gasteiger charge is 2.17. The Bertz CT molecular complexity index is 580. The molecule has 0 aliphatic carbocycles. The molecule has 0 aliphatic heterocycles. The van der Waals surface area contributed by atoms with E-state index in [9.17, 15) is 4.79 Å². The maximum Gasteiger partial charge on any atom is 0.396 e. The van der Waals surface area contributed by atoms with Crippen LogP contribution in [0.2, 0.25) is 0 Å². The minimum Gasteiger partial charge on any atom is -0.459 e. The maximum absolute atomic E-state index is 11.4. The van der Waals surface area contributed by atoms with Crippen molar-refractivity contribution in [3.8, 4) is 0 Å². The minimum absolute atomic E-state index is 0.139. The molecule has 0 spiro atoms. The first-order valence-corrected chi connectivity index (χ1v) is 7.12. The van der Waals surface area contributed by atoms with Crippen molar-refractivity contribution in [1.82, 2.24) is 25.0 Å². The molecule has 2 aromatic heterocycles. The third kappa shape index (κ3) is 3.35. The summed E-state index contributed by atoms with van der Waals surface area (Å²) < 4.78 is 11.8. The lowest BCUT2D eigenvalue weighted by Gasteiger charge is -2.07. The molecule has 8 nitrogen and oxygen atoms in total. The average molecular weight is 297 g/mol. The summed E-state index contributed by atoms with van der Waals surface area (Å²) in [7, 11) is 0. The van der Waals surface area contributed by atoms with Crippen molar-refractivity contribution in [2.45, 2.75) is 37.8 Å². The van der Waals surface area contributed by atoms with E-state index >= 15 is 0 Å². The van der Waals surface area contributed by atoms with Crippen LogP contribution in [0.3, 0.4) is 0 Å². The van der Waals surface area contributed by atoms with Crippen molar-refractivity contribution in [3.05, 3.63) is 18.0 Å². The van der Waals surface area contributed by atoms with Gasteiger partial charge < -0.3 is 9.15 Å². The molecule has 0 atom stereocenters. The molecule has 0 bridgehead atoms. The molecule has 0 amide bonds. The Labute approximate surface area is 119 Å². The topological polar surface area (TPSA) is 95.9 Å². The number of rotatable bonds is 6. The van der Waals surface area contributed by atoms with Gasteiger partial charge in [-0.15, -0.1) is 5.10 Å². The molecule has 0 radical (unpaired) electrons. The SMILES string of the molecule is CCOC(=O)c1nnc(SCc2ncnn2C(C)C)o1. The number of carbonyl (C=O) groups is 1. The number of hydrogen-bond donors (Lipinski definition) is 0. The van der Waals surface area contributed by atoms with E-state index in [0.29, 0.717) is 11.0 Å². The van der Waals surface area contributed by atoms with Crippen LogP contribution in [0, 0.1) is 0 Å². The quantitative estimate of drug-likeness (QED) is 0.587. The summed E-state index contributed by atoms with van der Waals surface area (Å²) in [6.07, 6.45) is 1.51. The fourth-order valence-corrected chi connectivity index (χ4v) is 2.17. The van der Waals surface area contributed by atoms with Crippen LogP contribution in [0.1, 0.15) is 43.3 Å². The monoisotopic (exact) mass is 297 g/mol. The van der Waals surface area contributed by atoms with Crippen LogP contribution in [0.5, 0.6) is 0 Å². The first-order valence-electron chi connectivity index (χ1n) is 6.13. The molecular formula is C11H15N5O3S. The molecule has 2 rings (SSSR count). The molecule has 0 saturated carbocycles. The molecule has 0 saturated heterocycles. The number of esters is 1. The van der Waals surface area contributed by atoms with Crippen LogP contribution in [0.25, 0.3) is 0 Å². The van der Waals surface area contributed by atoms with Gasteiger partial charge in [0.05, 0.1) is 12.4 Å². The van der Waals surface area contributed by atoms with Crippen LogP contribution in [-0.4, -0.2) is 37.5 Å². The summed E-state index contributed by atoms with van der Waals surface area (Å²) in [5, 5.41) is 11.9. The van der Waals surface area contributed by atoms with E-state index in [0.717, 1.165) is 5.82 Å². The fraction of sp³-hybridized carbons (Fsp3) is 0.545. The van der Waals surface area contributed by atoms with Crippen molar-refractivity contribution in [2.24, 2.45) is 0 Å². The Morgan fingerprint density at radius 1 is 1.50 bits per heavy atom. The second kappa shape index (κ2) is 6.51. The molecule has 9 heteroatoms. The van der Waals surface area contributed by atoms with Gasteiger partial charge >= 0.3 is 11.9 Å². The highest BCUT2D eigenvalue weighted by Crippen LogP contribution is 2.21. The van der Waals surface area contributed by atoms with E-state index in [1.165, 1.54) is 18.1 Å². The predicted octanol–water partition coefficient (Wildman–Crippen LogP) is 1.71. The number of nitrogens with zero attached hydrogens (tertiary/aromatic N) is 5. The van der Waals surface area contributed by atoms with E-state index in [1.807, 2.05) is 18.5 Å². The summed E-state index contributed by atoms with van der Waals surface area (Å²) in [6, 6.07) is 0.228. The van der Waals surface area contributed by atoms with Gasteiger partial charge in [-0.1, -0.05) is 16.9 Å². The third-order valence-electron chi connectivity index (χ3n) is 2.32. The summed E-state index contributed by atoms with van der Waals surface area (Å²) in [5.41, 5.74) is 0. The molecule has 20 heavy (non-hydrogen) atoms. The van der Waals surface area contributed by atoms with E-state index < -0.39 is 5.97 Å². The van der Waals surface area contributed by atoms with Gasteiger partial charge in [0.25, 0.3) is 5.22 Å². The number of thioether (sulfide) groups is 1. The molecule has 2 heterocycles. The van der Waals surface area contributed by atoms with Gasteiger partial charge in [0.1, 0.15) is 12.2 Å². The Morgan fingerprint density at radius 3 is 3.00 bits per heavy atom. The molecule has 0 aliphatic rings. The van der Waals surface area contributed by atoms with Crippen molar-refractivity contribution >= 4 is 17.7 Å². The van der Waals surface area contributed by atoms with Gasteiger partial charge in [-0.3, -0.25) is 0 Å². The standard InChI is InChI=1S/C11H15N5O3S/c1-4-18-10(17)9-14-15-11(19-9)20-5-8-12-6-13-16(8)7(2)3/h6-7H,4-5H2,1-3H3. The molecule has 108 valence electrons.